The molecule has 0 saturated heterocycles. The number of hydrogen-bond acceptors (Lipinski definition) is 5. The average Bonchev–Trinajstić information content (AvgIpc) is 3.23. The Morgan fingerprint density at radius 3 is 1.90 bits per heavy atom. The maximum atomic E-state index is 13.0. The Hall–Kier alpha value is -4.45. The summed E-state index contributed by atoms with van der Waals surface area (Å²) in [4.78, 5) is 28.1. The molecule has 0 aromatic heterocycles. The third kappa shape index (κ3) is 3.24. The molecule has 6 rings (SSSR count). The molecule has 1 aliphatic carbocycles. The van der Waals surface area contributed by atoms with Crippen LogP contribution in [-0.2, 0) is 10.8 Å². The zero-order valence-corrected chi connectivity index (χ0v) is 23.0. The highest BCUT2D eigenvalue weighted by Gasteiger charge is 2.43. The van der Waals surface area contributed by atoms with E-state index in [0.717, 1.165) is 33.9 Å². The number of hydrogen-bond donors (Lipinski definition) is 2. The normalized spacial score (nSPS) is 20.1. The summed E-state index contributed by atoms with van der Waals surface area (Å²) in [6, 6.07) is 16.1. The summed E-state index contributed by atoms with van der Waals surface area (Å²) in [6.07, 6.45) is 4.75. The lowest BCUT2D eigenvalue weighted by Crippen LogP contribution is -2.65. The quantitative estimate of drug-likeness (QED) is 0.518. The monoisotopic (exact) mass is 519 g/mol. The number of anilines is 1. The predicted octanol–water partition coefficient (Wildman–Crippen LogP) is 3.50. The van der Waals surface area contributed by atoms with E-state index in [1.807, 2.05) is 60.0 Å². The van der Waals surface area contributed by atoms with Gasteiger partial charge in [0.25, 0.3) is 0 Å². The van der Waals surface area contributed by atoms with Gasteiger partial charge in [0, 0.05) is 41.6 Å². The molecule has 0 fully saturated rings. The van der Waals surface area contributed by atoms with Crippen molar-refractivity contribution in [3.63, 3.8) is 0 Å². The number of nitrogens with zero attached hydrogens (tertiary/aromatic N) is 2. The van der Waals surface area contributed by atoms with Gasteiger partial charge in [0.2, 0.25) is 16.5 Å². The van der Waals surface area contributed by atoms with E-state index >= 15 is 0 Å². The zero-order valence-electron chi connectivity index (χ0n) is 23.0. The van der Waals surface area contributed by atoms with E-state index in [1.54, 1.807) is 12.2 Å². The van der Waals surface area contributed by atoms with E-state index in [-0.39, 0.29) is 49.2 Å². The molecule has 0 unspecified atom stereocenters. The lowest BCUT2D eigenvalue weighted by Gasteiger charge is -2.27. The Morgan fingerprint density at radius 2 is 1.28 bits per heavy atom. The smallest absolute Gasteiger partial charge is 0.209 e. The van der Waals surface area contributed by atoms with Crippen molar-refractivity contribution < 1.29 is 14.8 Å². The fourth-order valence-corrected chi connectivity index (χ4v) is 6.36. The lowest BCUT2D eigenvalue weighted by molar-refractivity contribution is -0.400. The summed E-state index contributed by atoms with van der Waals surface area (Å²) in [5, 5.41) is 21.7. The summed E-state index contributed by atoms with van der Waals surface area (Å²) in [5.74, 6) is -0.265. The number of fused-ring (bicyclic) bond motifs is 2. The Morgan fingerprint density at radius 1 is 0.744 bits per heavy atom. The van der Waals surface area contributed by atoms with Crippen molar-refractivity contribution in [1.29, 1.82) is 0 Å². The Balaban J connectivity index is 1.36. The topological polar surface area (TPSA) is 80.8 Å². The molecule has 0 bridgehead atoms. The second kappa shape index (κ2) is 8.03. The third-order valence-electron chi connectivity index (χ3n) is 8.73. The molecular weight excluding hydrogens is 488 g/mol. The van der Waals surface area contributed by atoms with Crippen LogP contribution in [0.4, 0.5) is 11.4 Å². The van der Waals surface area contributed by atoms with Gasteiger partial charge in [-0.15, -0.1) is 0 Å². The number of allylic oxidation sites excluding steroid dienone is 3. The van der Waals surface area contributed by atoms with E-state index in [2.05, 4.69) is 39.8 Å². The lowest BCUT2D eigenvalue weighted by atomic mass is 9.81. The minimum atomic E-state index is -0.389. The molecular formula is C33H31N2O4+. The van der Waals surface area contributed by atoms with Gasteiger partial charge < -0.3 is 15.1 Å². The van der Waals surface area contributed by atoms with Crippen molar-refractivity contribution in [3.05, 3.63) is 125 Å². The second-order valence-corrected chi connectivity index (χ2v) is 11.6. The Bertz CT molecular complexity index is 1910. The largest absolute Gasteiger partial charge is 0.506 e. The van der Waals surface area contributed by atoms with Crippen LogP contribution < -0.4 is 26.2 Å². The Kier molecular flexibility index (Phi) is 5.12. The molecule has 3 aromatic rings. The van der Waals surface area contributed by atoms with Crippen LogP contribution in [0.25, 0.3) is 12.2 Å². The molecule has 196 valence electrons. The van der Waals surface area contributed by atoms with Gasteiger partial charge >= 0.3 is 0 Å². The van der Waals surface area contributed by atoms with E-state index in [1.165, 1.54) is 6.08 Å². The average molecular weight is 520 g/mol. The summed E-state index contributed by atoms with van der Waals surface area (Å²) >= 11 is 0. The first kappa shape index (κ1) is 24.9. The summed E-state index contributed by atoms with van der Waals surface area (Å²) in [6.45, 7) is 8.34. The number of aliphatic hydroxyl groups excluding tert-OH is 2. The van der Waals surface area contributed by atoms with Crippen molar-refractivity contribution in [2.45, 2.75) is 38.5 Å². The molecule has 3 aromatic carbocycles. The number of para-hydroxylation sites is 2. The minimum absolute atomic E-state index is 0.0386. The van der Waals surface area contributed by atoms with Gasteiger partial charge in [-0.25, -0.2) is 0 Å². The van der Waals surface area contributed by atoms with Crippen LogP contribution in [0, 0.1) is 0 Å². The molecule has 3 aliphatic rings. The molecule has 0 saturated carbocycles. The fraction of sp³-hybridized carbons (Fsp3) is 0.242. The first-order valence-electron chi connectivity index (χ1n) is 13.0. The highest BCUT2D eigenvalue weighted by atomic mass is 16.3. The van der Waals surface area contributed by atoms with E-state index in [0.29, 0.717) is 5.57 Å². The molecule has 6 nitrogen and oxygen atoms in total. The first-order chi connectivity index (χ1) is 18.4. The summed E-state index contributed by atoms with van der Waals surface area (Å²) in [5.41, 5.74) is 5.12. The van der Waals surface area contributed by atoms with Crippen molar-refractivity contribution in [3.8, 4) is 0 Å². The number of likely N-dealkylation sites (N-methyl/N-ethyl adjacent to an activating group) is 1. The number of rotatable bonds is 3. The van der Waals surface area contributed by atoms with Crippen LogP contribution in [0.5, 0.6) is 0 Å². The van der Waals surface area contributed by atoms with Gasteiger partial charge in [-0.3, -0.25) is 9.59 Å². The van der Waals surface area contributed by atoms with Gasteiger partial charge in [-0.2, -0.15) is 4.58 Å². The predicted molar refractivity (Wildman–Crippen MR) is 155 cm³/mol. The Labute approximate surface area is 226 Å². The van der Waals surface area contributed by atoms with Crippen molar-refractivity contribution in [2.75, 3.05) is 19.0 Å². The highest BCUT2D eigenvalue weighted by Crippen LogP contribution is 2.48. The molecule has 2 aliphatic heterocycles. The van der Waals surface area contributed by atoms with Crippen LogP contribution in [0.3, 0.4) is 0 Å². The van der Waals surface area contributed by atoms with Crippen LogP contribution >= 0.6 is 0 Å². The minimum Gasteiger partial charge on any atom is -0.506 e. The molecule has 2 N–H and O–H groups in total. The molecule has 0 amide bonds. The maximum absolute atomic E-state index is 13.0. The van der Waals surface area contributed by atoms with E-state index in [4.69, 9.17) is 0 Å². The first-order valence-corrected chi connectivity index (χ1v) is 13.0. The molecule has 0 spiro atoms. The molecule has 39 heavy (non-hydrogen) atoms. The third-order valence-corrected chi connectivity index (χ3v) is 8.73. The molecule has 2 heterocycles. The van der Waals surface area contributed by atoms with E-state index in [9.17, 15) is 19.8 Å². The zero-order chi connectivity index (χ0) is 28.0. The standard InChI is InChI=1S/C33H30N2O4/c1-32(2)22-11-7-9-13-24(22)34(5)26(32)16-20-28(36)18(29(20)37)15-19-30(38)21(31(19)39)17-27-33(3,4)23-12-8-10-14-25(23)35(27)6/h7-17H,1-6H3,(H-,36,37,38,39)/p+1. The van der Waals surface area contributed by atoms with Crippen LogP contribution in [-0.4, -0.2) is 34.6 Å². The van der Waals surface area contributed by atoms with Crippen molar-refractivity contribution in [1.82, 2.24) is 0 Å². The fourth-order valence-electron chi connectivity index (χ4n) is 6.36. The molecule has 0 atom stereocenters. The van der Waals surface area contributed by atoms with Crippen LogP contribution in [0.2, 0.25) is 0 Å². The van der Waals surface area contributed by atoms with Crippen molar-refractivity contribution >= 4 is 29.2 Å². The SMILES string of the molecule is CN1C(=CC2=C(O)C(C=c3c(=O)c(=CC4=[N+](C)c5ccccc5C4(C)C)c3=O)=C2O)C(C)(C)c2ccccc21. The van der Waals surface area contributed by atoms with Gasteiger partial charge in [0.05, 0.1) is 27.0 Å². The van der Waals surface area contributed by atoms with Gasteiger partial charge in [-0.05, 0) is 37.6 Å². The summed E-state index contributed by atoms with van der Waals surface area (Å²) in [7, 11) is 3.89. The van der Waals surface area contributed by atoms with E-state index < -0.39 is 0 Å². The van der Waals surface area contributed by atoms with Gasteiger partial charge in [0.15, 0.2) is 5.71 Å². The van der Waals surface area contributed by atoms with Crippen molar-refractivity contribution in [2.24, 2.45) is 0 Å². The van der Waals surface area contributed by atoms with Crippen LogP contribution in [0.15, 0.2) is 92.6 Å². The second-order valence-electron chi connectivity index (χ2n) is 11.6. The number of aliphatic hydroxyl groups is 2. The number of benzene rings is 2. The maximum Gasteiger partial charge on any atom is 0.209 e. The van der Waals surface area contributed by atoms with Gasteiger partial charge in [-0.1, -0.05) is 50.2 Å². The molecule has 0 radical (unpaired) electrons. The van der Waals surface area contributed by atoms with Crippen LogP contribution in [0.1, 0.15) is 38.8 Å². The van der Waals surface area contributed by atoms with Gasteiger partial charge in [0.1, 0.15) is 18.6 Å². The highest BCUT2D eigenvalue weighted by molar-refractivity contribution is 6.15. The summed E-state index contributed by atoms with van der Waals surface area (Å²) < 4.78 is 2.01. The molecule has 6 heteroatoms.